The van der Waals surface area contributed by atoms with Gasteiger partial charge in [0.05, 0.1) is 17.1 Å². The number of hydrogen-bond donors (Lipinski definition) is 3. The molecule has 3 aromatic heterocycles. The highest BCUT2D eigenvalue weighted by Gasteiger charge is 2.44. The molecule has 1 saturated carbocycles. The van der Waals surface area contributed by atoms with E-state index in [0.29, 0.717) is 24.7 Å². The number of urea groups is 1. The number of anilines is 3. The predicted molar refractivity (Wildman–Crippen MR) is 234 cm³/mol. The van der Waals surface area contributed by atoms with Crippen molar-refractivity contribution >= 4 is 56.8 Å². The average molecular weight is 822 g/mol. The molecular formula is C46H51N11O4. The first kappa shape index (κ1) is 38.8. The van der Waals surface area contributed by atoms with E-state index < -0.39 is 0 Å². The van der Waals surface area contributed by atoms with Crippen LogP contribution in [0.5, 0.6) is 0 Å². The van der Waals surface area contributed by atoms with Crippen LogP contribution in [0.25, 0.3) is 33.2 Å². The Morgan fingerprint density at radius 1 is 0.902 bits per heavy atom. The Labute approximate surface area is 353 Å². The summed E-state index contributed by atoms with van der Waals surface area (Å²) in [6, 6.07) is 20.4. The monoisotopic (exact) mass is 821 g/mol. The van der Waals surface area contributed by atoms with Crippen LogP contribution in [-0.4, -0.2) is 100 Å². The molecule has 0 bridgehead atoms. The van der Waals surface area contributed by atoms with Crippen LogP contribution in [0.1, 0.15) is 79.6 Å². The number of nitrogens with one attached hydrogen (secondary N) is 3. The van der Waals surface area contributed by atoms with E-state index in [0.717, 1.165) is 122 Å². The van der Waals surface area contributed by atoms with E-state index in [9.17, 15) is 14.4 Å². The summed E-state index contributed by atoms with van der Waals surface area (Å²) in [6.07, 6.45) is 6.26. The van der Waals surface area contributed by atoms with Crippen molar-refractivity contribution in [2.45, 2.75) is 64.3 Å². The number of amides is 4. The van der Waals surface area contributed by atoms with E-state index in [4.69, 9.17) is 9.51 Å². The van der Waals surface area contributed by atoms with Crippen LogP contribution in [-0.2, 0) is 10.2 Å². The van der Waals surface area contributed by atoms with Gasteiger partial charge in [-0.3, -0.25) is 24.7 Å². The molecule has 3 saturated heterocycles. The second kappa shape index (κ2) is 15.6. The van der Waals surface area contributed by atoms with Gasteiger partial charge in [-0.15, -0.1) is 0 Å². The Morgan fingerprint density at radius 3 is 2.38 bits per heavy atom. The molecular weight excluding hydrogens is 771 g/mol. The molecule has 3 aromatic carbocycles. The van der Waals surface area contributed by atoms with Crippen LogP contribution < -0.4 is 25.3 Å². The Bertz CT molecular complexity index is 2640. The van der Waals surface area contributed by atoms with E-state index in [-0.39, 0.29) is 35.2 Å². The number of aromatic nitrogens is 5. The number of nitrogens with zero attached hydrogens (tertiary/aromatic N) is 8. The fourth-order valence-corrected chi connectivity index (χ4v) is 9.33. The summed E-state index contributed by atoms with van der Waals surface area (Å²) in [7, 11) is 0. The van der Waals surface area contributed by atoms with E-state index >= 15 is 0 Å². The summed E-state index contributed by atoms with van der Waals surface area (Å²) >= 11 is 0. The van der Waals surface area contributed by atoms with Gasteiger partial charge in [-0.1, -0.05) is 30.3 Å². The SMILES string of the molecule is Cc1cc(-c2ncnc3[nH]c4cc(N5CCN(CC6CCN(c7ccc(N8CCC(=O)NC8=O)cc7)CC6)CC5)ccc4c23)ccc1[C@@H](C)NC(=O)c1nc(C2(C)CC2)no1. The summed E-state index contributed by atoms with van der Waals surface area (Å²) < 4.78 is 5.30. The molecule has 10 rings (SSSR count). The van der Waals surface area contributed by atoms with Crippen LogP contribution in [0.4, 0.5) is 21.9 Å². The third kappa shape index (κ3) is 7.66. The van der Waals surface area contributed by atoms with Crippen molar-refractivity contribution in [3.63, 3.8) is 0 Å². The fourth-order valence-electron chi connectivity index (χ4n) is 9.33. The minimum absolute atomic E-state index is 0.00395. The summed E-state index contributed by atoms with van der Waals surface area (Å²) in [5.74, 6) is 0.674. The normalized spacial score (nSPS) is 19.1. The number of aryl methyl sites for hydroxylation is 1. The number of aromatic amines is 1. The fraction of sp³-hybridized carbons (Fsp3) is 0.413. The van der Waals surface area contributed by atoms with E-state index in [1.165, 1.54) is 11.4 Å². The molecule has 0 unspecified atom stereocenters. The number of fused-ring (bicyclic) bond motifs is 3. The third-order valence-corrected chi connectivity index (χ3v) is 13.3. The minimum atomic E-state index is -0.376. The quantitative estimate of drug-likeness (QED) is 0.138. The van der Waals surface area contributed by atoms with Gasteiger partial charge in [0.2, 0.25) is 5.91 Å². The molecule has 1 aliphatic carbocycles. The predicted octanol–water partition coefficient (Wildman–Crippen LogP) is 6.50. The summed E-state index contributed by atoms with van der Waals surface area (Å²) in [5, 5.41) is 11.6. The number of carbonyl (C=O) groups is 3. The Morgan fingerprint density at radius 2 is 1.64 bits per heavy atom. The lowest BCUT2D eigenvalue weighted by Crippen LogP contribution is -2.49. The number of carbonyl (C=O) groups excluding carboxylic acids is 3. The molecule has 4 fully saturated rings. The maximum atomic E-state index is 13.0. The zero-order chi connectivity index (χ0) is 41.8. The molecule has 0 radical (unpaired) electrons. The van der Waals surface area contributed by atoms with Crippen molar-refractivity contribution in [3.05, 3.63) is 89.8 Å². The zero-order valence-electron chi connectivity index (χ0n) is 34.9. The van der Waals surface area contributed by atoms with Gasteiger partial charge in [0.25, 0.3) is 0 Å². The Balaban J connectivity index is 0.744. The van der Waals surface area contributed by atoms with E-state index in [2.05, 4.69) is 108 Å². The Kier molecular flexibility index (Phi) is 9.93. The highest BCUT2D eigenvalue weighted by molar-refractivity contribution is 6.12. The van der Waals surface area contributed by atoms with Crippen molar-refractivity contribution in [2.75, 3.05) is 67.1 Å². The van der Waals surface area contributed by atoms with Crippen LogP contribution in [0.2, 0.25) is 0 Å². The molecule has 1 atom stereocenters. The van der Waals surface area contributed by atoms with Crippen molar-refractivity contribution in [1.29, 1.82) is 0 Å². The second-order valence-corrected chi connectivity index (χ2v) is 17.5. The van der Waals surface area contributed by atoms with Crippen molar-refractivity contribution < 1.29 is 18.9 Å². The number of imide groups is 1. The molecule has 6 heterocycles. The van der Waals surface area contributed by atoms with Gasteiger partial charge in [0.1, 0.15) is 12.0 Å². The van der Waals surface area contributed by atoms with Crippen molar-refractivity contribution in [1.82, 2.24) is 40.6 Å². The van der Waals surface area contributed by atoms with Gasteiger partial charge in [-0.05, 0) is 99.0 Å². The molecule has 4 amide bonds. The molecule has 3 aliphatic heterocycles. The van der Waals surface area contributed by atoms with E-state index in [1.807, 2.05) is 19.1 Å². The molecule has 15 heteroatoms. The van der Waals surface area contributed by atoms with Crippen LogP contribution >= 0.6 is 0 Å². The maximum Gasteiger partial charge on any atom is 0.328 e. The topological polar surface area (TPSA) is 169 Å². The first-order valence-corrected chi connectivity index (χ1v) is 21.5. The summed E-state index contributed by atoms with van der Waals surface area (Å²) in [6.45, 7) is 13.7. The minimum Gasteiger partial charge on any atom is -0.372 e. The summed E-state index contributed by atoms with van der Waals surface area (Å²) in [5.41, 5.74) is 8.85. The van der Waals surface area contributed by atoms with Gasteiger partial charge in [0.15, 0.2) is 5.82 Å². The van der Waals surface area contributed by atoms with Crippen LogP contribution in [0.15, 0.2) is 71.5 Å². The Hall–Kier alpha value is -6.35. The number of piperidine rings is 1. The summed E-state index contributed by atoms with van der Waals surface area (Å²) in [4.78, 5) is 63.3. The van der Waals surface area contributed by atoms with Crippen LogP contribution in [0.3, 0.4) is 0 Å². The first-order valence-electron chi connectivity index (χ1n) is 21.5. The lowest BCUT2D eigenvalue weighted by molar-refractivity contribution is -0.120. The van der Waals surface area contributed by atoms with Gasteiger partial charge in [0, 0.05) is 97.7 Å². The van der Waals surface area contributed by atoms with Crippen molar-refractivity contribution in [2.24, 2.45) is 5.92 Å². The van der Waals surface area contributed by atoms with E-state index in [1.54, 1.807) is 11.2 Å². The van der Waals surface area contributed by atoms with Gasteiger partial charge >= 0.3 is 17.8 Å². The number of H-pyrrole nitrogens is 1. The number of rotatable bonds is 10. The lowest BCUT2D eigenvalue weighted by atomic mass is 9.95. The molecule has 0 spiro atoms. The molecule has 314 valence electrons. The number of piperazine rings is 1. The molecule has 15 nitrogen and oxygen atoms in total. The average Bonchev–Trinajstić information content (AvgIpc) is 3.63. The zero-order valence-corrected chi connectivity index (χ0v) is 34.9. The van der Waals surface area contributed by atoms with Gasteiger partial charge in [-0.25, -0.2) is 14.8 Å². The van der Waals surface area contributed by atoms with Crippen molar-refractivity contribution in [3.8, 4) is 11.3 Å². The molecule has 3 N–H and O–H groups in total. The first-order chi connectivity index (χ1) is 29.6. The van der Waals surface area contributed by atoms with Crippen LogP contribution in [0, 0.1) is 12.8 Å². The van der Waals surface area contributed by atoms with Gasteiger partial charge < -0.3 is 24.6 Å². The lowest BCUT2D eigenvalue weighted by Gasteiger charge is -2.40. The molecule has 6 aromatic rings. The molecule has 4 aliphatic rings. The highest BCUT2D eigenvalue weighted by Crippen LogP contribution is 2.46. The molecule has 61 heavy (non-hydrogen) atoms. The highest BCUT2D eigenvalue weighted by atomic mass is 16.5. The number of hydrogen-bond acceptors (Lipinski definition) is 11. The smallest absolute Gasteiger partial charge is 0.328 e. The van der Waals surface area contributed by atoms with Gasteiger partial charge in [-0.2, -0.15) is 4.98 Å². The number of benzene rings is 3. The largest absolute Gasteiger partial charge is 0.372 e. The maximum absolute atomic E-state index is 13.0. The standard InChI is InChI=1S/C46H51N11O4/c1-28-24-31(4-10-35(28)29(2)49-42(59)43-52-44(53-61-43)46(3)15-16-46)40-39-36-11-9-34(25-37(36)50-41(39)48-27-47-40)56-22-20-54(21-23-56)26-30-12-17-55(18-13-30)32-5-7-33(8-6-32)57-19-14-38(58)51-45(57)60/h4-11,24-25,27,29-30H,12-23,26H2,1-3H3,(H,49,59)(H,47,48,50)(H,51,58,60)/t29-/m1/s1. The third-order valence-electron chi connectivity index (χ3n) is 13.3. The second-order valence-electron chi connectivity index (χ2n) is 17.5.